The molecule has 1 aliphatic rings. The fraction of sp³-hybridized carbons (Fsp3) is 0.429. The summed E-state index contributed by atoms with van der Waals surface area (Å²) in [5.41, 5.74) is 0. The van der Waals surface area contributed by atoms with Crippen molar-refractivity contribution < 1.29 is 27.0 Å². The Morgan fingerprint density at radius 1 is 1.03 bits per heavy atom. The fourth-order valence-corrected chi connectivity index (χ4v) is 4.86. The number of sulfonamides is 1. The lowest BCUT2D eigenvalue weighted by Gasteiger charge is -2.32. The van der Waals surface area contributed by atoms with Gasteiger partial charge in [0.1, 0.15) is 34.6 Å². The van der Waals surface area contributed by atoms with Crippen LogP contribution in [0.15, 0.2) is 47.4 Å². The van der Waals surface area contributed by atoms with Gasteiger partial charge in [0.05, 0.1) is 14.2 Å². The summed E-state index contributed by atoms with van der Waals surface area (Å²) in [5.74, 6) is 1.07. The van der Waals surface area contributed by atoms with E-state index in [0.717, 1.165) is 19.6 Å². The Labute approximate surface area is 176 Å². The molecular formula is C21H27FN2O5S. The molecule has 9 heteroatoms. The number of rotatable bonds is 9. The van der Waals surface area contributed by atoms with Gasteiger partial charge in [0.25, 0.3) is 0 Å². The molecule has 0 spiro atoms. The highest BCUT2D eigenvalue weighted by Gasteiger charge is 2.27. The van der Waals surface area contributed by atoms with E-state index >= 15 is 0 Å². The molecule has 2 aromatic carbocycles. The van der Waals surface area contributed by atoms with Gasteiger partial charge >= 0.3 is 0 Å². The molecule has 164 valence electrons. The lowest BCUT2D eigenvalue weighted by atomic mass is 10.1. The first-order valence-corrected chi connectivity index (χ1v) is 11.2. The molecule has 7 nitrogen and oxygen atoms in total. The molecule has 3 rings (SSSR count). The van der Waals surface area contributed by atoms with Gasteiger partial charge in [-0.05, 0) is 62.3 Å². The van der Waals surface area contributed by atoms with Crippen LogP contribution in [0.25, 0.3) is 0 Å². The predicted molar refractivity (Wildman–Crippen MR) is 111 cm³/mol. The van der Waals surface area contributed by atoms with E-state index in [2.05, 4.69) is 9.62 Å². The van der Waals surface area contributed by atoms with Crippen LogP contribution in [0.2, 0.25) is 0 Å². The Bertz CT molecular complexity index is 929. The molecule has 0 aliphatic carbocycles. The van der Waals surface area contributed by atoms with Crippen molar-refractivity contribution in [3.63, 3.8) is 0 Å². The van der Waals surface area contributed by atoms with Crippen LogP contribution >= 0.6 is 0 Å². The minimum absolute atomic E-state index is 0.0690. The molecule has 0 bridgehead atoms. The van der Waals surface area contributed by atoms with Crippen LogP contribution < -0.4 is 18.9 Å². The third kappa shape index (κ3) is 5.84. The van der Waals surface area contributed by atoms with E-state index < -0.39 is 10.0 Å². The van der Waals surface area contributed by atoms with E-state index in [1.807, 2.05) is 0 Å². The van der Waals surface area contributed by atoms with E-state index in [1.165, 1.54) is 32.4 Å². The number of hydrogen-bond acceptors (Lipinski definition) is 6. The number of methoxy groups -OCH3 is 2. The summed E-state index contributed by atoms with van der Waals surface area (Å²) in [6, 6.07) is 10.5. The van der Waals surface area contributed by atoms with E-state index in [9.17, 15) is 12.8 Å². The molecule has 0 saturated carbocycles. The monoisotopic (exact) mass is 438 g/mol. The second-order valence-corrected chi connectivity index (χ2v) is 8.74. The number of ether oxygens (including phenoxy) is 3. The van der Waals surface area contributed by atoms with Gasteiger partial charge in [0.2, 0.25) is 10.0 Å². The van der Waals surface area contributed by atoms with Crippen molar-refractivity contribution in [2.75, 3.05) is 40.5 Å². The summed E-state index contributed by atoms with van der Waals surface area (Å²) in [6.07, 6.45) is 1.39. The maximum atomic E-state index is 12.9. The average Bonchev–Trinajstić information content (AvgIpc) is 2.75. The lowest BCUT2D eigenvalue weighted by molar-refractivity contribution is 0.170. The van der Waals surface area contributed by atoms with Crippen molar-refractivity contribution in [2.24, 2.45) is 0 Å². The van der Waals surface area contributed by atoms with Crippen molar-refractivity contribution in [3.05, 3.63) is 48.3 Å². The summed E-state index contributed by atoms with van der Waals surface area (Å²) in [5, 5.41) is 0. The van der Waals surface area contributed by atoms with Gasteiger partial charge in [-0.25, -0.2) is 17.5 Å². The van der Waals surface area contributed by atoms with E-state index in [4.69, 9.17) is 14.2 Å². The van der Waals surface area contributed by atoms with Crippen LogP contribution in [0.1, 0.15) is 12.8 Å². The van der Waals surface area contributed by atoms with Crippen LogP contribution in [0.5, 0.6) is 17.2 Å². The number of piperidine rings is 1. The Morgan fingerprint density at radius 2 is 1.70 bits per heavy atom. The molecular weight excluding hydrogens is 411 g/mol. The SMILES string of the molecule is COc1ccc(OC)c(S(=O)(=O)NC2CCN(CCOc3ccc(F)cc3)CC2)c1. The molecule has 0 unspecified atom stereocenters. The van der Waals surface area contributed by atoms with Crippen LogP contribution in [-0.4, -0.2) is 59.8 Å². The highest BCUT2D eigenvalue weighted by atomic mass is 32.2. The van der Waals surface area contributed by atoms with E-state index in [0.29, 0.717) is 30.9 Å². The van der Waals surface area contributed by atoms with Gasteiger partial charge in [0.15, 0.2) is 0 Å². The van der Waals surface area contributed by atoms with Crippen LogP contribution in [-0.2, 0) is 10.0 Å². The molecule has 1 aliphatic heterocycles. The standard InChI is InChI=1S/C21H27FN2O5S/c1-27-19-7-8-20(28-2)21(15-19)30(25,26)23-17-9-11-24(12-10-17)13-14-29-18-5-3-16(22)4-6-18/h3-8,15,17,23H,9-14H2,1-2H3. The number of likely N-dealkylation sites (tertiary alicyclic amines) is 1. The molecule has 1 saturated heterocycles. The molecule has 1 heterocycles. The van der Waals surface area contributed by atoms with Gasteiger partial charge in [-0.3, -0.25) is 4.90 Å². The van der Waals surface area contributed by atoms with Crippen LogP contribution in [0, 0.1) is 5.82 Å². The Hall–Kier alpha value is -2.36. The van der Waals surface area contributed by atoms with Crippen LogP contribution in [0.4, 0.5) is 4.39 Å². The Balaban J connectivity index is 1.49. The number of nitrogens with zero attached hydrogens (tertiary/aromatic N) is 1. The van der Waals surface area contributed by atoms with Gasteiger partial charge in [-0.2, -0.15) is 0 Å². The first-order chi connectivity index (χ1) is 14.4. The first-order valence-electron chi connectivity index (χ1n) is 9.76. The summed E-state index contributed by atoms with van der Waals surface area (Å²) in [6.45, 7) is 2.73. The molecule has 0 radical (unpaired) electrons. The molecule has 0 amide bonds. The predicted octanol–water partition coefficient (Wildman–Crippen LogP) is 2.66. The normalized spacial score (nSPS) is 15.7. The van der Waals surface area contributed by atoms with Crippen molar-refractivity contribution >= 4 is 10.0 Å². The van der Waals surface area contributed by atoms with Crippen molar-refractivity contribution in [3.8, 4) is 17.2 Å². The number of hydrogen-bond donors (Lipinski definition) is 1. The number of benzene rings is 2. The zero-order valence-electron chi connectivity index (χ0n) is 17.1. The highest BCUT2D eigenvalue weighted by molar-refractivity contribution is 7.89. The quantitative estimate of drug-likeness (QED) is 0.649. The molecule has 30 heavy (non-hydrogen) atoms. The Morgan fingerprint density at radius 3 is 2.33 bits per heavy atom. The second-order valence-electron chi connectivity index (χ2n) is 7.06. The van der Waals surface area contributed by atoms with E-state index in [1.54, 1.807) is 24.3 Å². The summed E-state index contributed by atoms with van der Waals surface area (Å²) < 4.78 is 57.4. The Kier molecular flexibility index (Phi) is 7.52. The highest BCUT2D eigenvalue weighted by Crippen LogP contribution is 2.28. The third-order valence-corrected chi connectivity index (χ3v) is 6.60. The molecule has 0 aromatic heterocycles. The summed E-state index contributed by atoms with van der Waals surface area (Å²) >= 11 is 0. The van der Waals surface area contributed by atoms with E-state index in [-0.39, 0.29) is 22.5 Å². The average molecular weight is 439 g/mol. The van der Waals surface area contributed by atoms with Gasteiger partial charge in [-0.15, -0.1) is 0 Å². The van der Waals surface area contributed by atoms with Crippen molar-refractivity contribution in [1.82, 2.24) is 9.62 Å². The van der Waals surface area contributed by atoms with Gasteiger partial charge < -0.3 is 14.2 Å². The molecule has 0 atom stereocenters. The maximum absolute atomic E-state index is 12.9. The third-order valence-electron chi connectivity index (χ3n) is 5.06. The zero-order chi connectivity index (χ0) is 21.6. The minimum Gasteiger partial charge on any atom is -0.497 e. The van der Waals surface area contributed by atoms with Gasteiger partial charge in [0, 0.05) is 18.7 Å². The maximum Gasteiger partial charge on any atom is 0.244 e. The zero-order valence-corrected chi connectivity index (χ0v) is 18.0. The second kappa shape index (κ2) is 10.1. The lowest BCUT2D eigenvalue weighted by Crippen LogP contribution is -2.45. The fourth-order valence-electron chi connectivity index (χ4n) is 3.37. The smallest absolute Gasteiger partial charge is 0.244 e. The molecule has 1 fully saturated rings. The van der Waals surface area contributed by atoms with Crippen molar-refractivity contribution in [2.45, 2.75) is 23.8 Å². The first kappa shape index (κ1) is 22.3. The van der Waals surface area contributed by atoms with Crippen LogP contribution in [0.3, 0.4) is 0 Å². The summed E-state index contributed by atoms with van der Waals surface area (Å²) in [4.78, 5) is 2.29. The largest absolute Gasteiger partial charge is 0.497 e. The number of halogens is 1. The molecule has 2 aromatic rings. The van der Waals surface area contributed by atoms with Gasteiger partial charge in [-0.1, -0.05) is 0 Å². The molecule has 1 N–H and O–H groups in total. The number of nitrogens with one attached hydrogen (secondary N) is 1. The minimum atomic E-state index is -3.74. The summed E-state index contributed by atoms with van der Waals surface area (Å²) in [7, 11) is -0.813. The topological polar surface area (TPSA) is 77.1 Å². The van der Waals surface area contributed by atoms with Crippen molar-refractivity contribution in [1.29, 1.82) is 0 Å².